The Balaban J connectivity index is 1.95. The molecule has 5 nitrogen and oxygen atoms in total. The van der Waals surface area contributed by atoms with Crippen LogP contribution < -0.4 is 5.32 Å². The summed E-state index contributed by atoms with van der Waals surface area (Å²) in [5.74, 6) is 0.840. The molecule has 0 atom stereocenters. The number of anilines is 1. The maximum absolute atomic E-state index is 11.7. The Kier molecular flexibility index (Phi) is 4.57. The number of carbonyl (C=O) groups is 1. The van der Waals surface area contributed by atoms with Crippen molar-refractivity contribution in [3.05, 3.63) is 22.9 Å². The molecule has 1 fully saturated rings. The Morgan fingerprint density at radius 2 is 2.25 bits per heavy atom. The van der Waals surface area contributed by atoms with Crippen LogP contribution in [0.4, 0.5) is 5.82 Å². The molecule has 0 saturated carbocycles. The molecule has 1 aliphatic heterocycles. The summed E-state index contributed by atoms with van der Waals surface area (Å²) in [6.45, 7) is 6.00. The molecule has 1 aromatic heterocycles. The lowest BCUT2D eigenvalue weighted by Crippen LogP contribution is -2.38. The average Bonchev–Trinajstić information content (AvgIpc) is 2.44. The molecule has 106 valence electrons. The summed E-state index contributed by atoms with van der Waals surface area (Å²) < 4.78 is 0. The van der Waals surface area contributed by atoms with Crippen LogP contribution in [0.5, 0.6) is 0 Å². The van der Waals surface area contributed by atoms with Crippen molar-refractivity contribution < 1.29 is 4.79 Å². The van der Waals surface area contributed by atoms with E-state index in [-0.39, 0.29) is 5.91 Å². The quantitative estimate of drug-likeness (QED) is 0.910. The first-order valence-corrected chi connectivity index (χ1v) is 7.02. The van der Waals surface area contributed by atoms with Crippen molar-refractivity contribution in [2.45, 2.75) is 33.1 Å². The Hall–Kier alpha value is -2.09. The maximum Gasteiger partial charge on any atom is 0.222 e. The molecule has 5 heteroatoms. The molecule has 0 bridgehead atoms. The van der Waals surface area contributed by atoms with Gasteiger partial charge in [0.2, 0.25) is 5.91 Å². The monoisotopic (exact) mass is 272 g/mol. The summed E-state index contributed by atoms with van der Waals surface area (Å²) in [7, 11) is 0. The fourth-order valence-corrected chi connectivity index (χ4v) is 2.33. The number of carbonyl (C=O) groups excluding carboxylic acids is 1. The number of hydrogen-bond donors (Lipinski definition) is 1. The van der Waals surface area contributed by atoms with Crippen LogP contribution in [0.1, 0.15) is 36.1 Å². The second-order valence-electron chi connectivity index (χ2n) is 5.16. The maximum atomic E-state index is 11.7. The van der Waals surface area contributed by atoms with Crippen molar-refractivity contribution in [2.24, 2.45) is 0 Å². The molecule has 1 amide bonds. The first-order chi connectivity index (χ1) is 9.61. The van der Waals surface area contributed by atoms with Gasteiger partial charge in [-0.1, -0.05) is 0 Å². The first-order valence-electron chi connectivity index (χ1n) is 7.02. The number of pyridine rings is 1. The van der Waals surface area contributed by atoms with E-state index in [2.05, 4.69) is 16.4 Å². The van der Waals surface area contributed by atoms with Crippen LogP contribution in [0.25, 0.3) is 0 Å². The van der Waals surface area contributed by atoms with Crippen LogP contribution in [-0.4, -0.2) is 35.4 Å². The highest BCUT2D eigenvalue weighted by Gasteiger charge is 2.17. The molecule has 0 radical (unpaired) electrons. The molecule has 0 aromatic carbocycles. The van der Waals surface area contributed by atoms with E-state index in [0.29, 0.717) is 30.9 Å². The van der Waals surface area contributed by atoms with Gasteiger partial charge in [0.1, 0.15) is 11.9 Å². The molecule has 0 aliphatic carbocycles. The van der Waals surface area contributed by atoms with Crippen LogP contribution >= 0.6 is 0 Å². The molecule has 0 spiro atoms. The summed E-state index contributed by atoms with van der Waals surface area (Å²) in [6, 6.07) is 4.00. The molecule has 1 aromatic rings. The van der Waals surface area contributed by atoms with E-state index < -0.39 is 0 Å². The van der Waals surface area contributed by atoms with Crippen LogP contribution in [0.15, 0.2) is 6.07 Å². The fourth-order valence-electron chi connectivity index (χ4n) is 2.33. The highest BCUT2D eigenvalue weighted by Crippen LogP contribution is 2.16. The predicted octanol–water partition coefficient (Wildman–Crippen LogP) is 1.99. The highest BCUT2D eigenvalue weighted by molar-refractivity contribution is 5.76. The number of likely N-dealkylation sites (tertiary alicyclic amines) is 1. The summed E-state index contributed by atoms with van der Waals surface area (Å²) in [4.78, 5) is 18.0. The van der Waals surface area contributed by atoms with Gasteiger partial charge in [0.05, 0.1) is 5.56 Å². The molecular weight excluding hydrogens is 252 g/mol. The van der Waals surface area contributed by atoms with Gasteiger partial charge >= 0.3 is 0 Å². The third kappa shape index (κ3) is 3.27. The van der Waals surface area contributed by atoms with Crippen molar-refractivity contribution in [1.29, 1.82) is 5.26 Å². The van der Waals surface area contributed by atoms with Crippen LogP contribution in [0, 0.1) is 25.2 Å². The smallest absolute Gasteiger partial charge is 0.222 e. The van der Waals surface area contributed by atoms with Gasteiger partial charge in [0, 0.05) is 31.7 Å². The zero-order chi connectivity index (χ0) is 14.5. The Morgan fingerprint density at radius 3 is 2.95 bits per heavy atom. The topological polar surface area (TPSA) is 69.0 Å². The lowest BCUT2D eigenvalue weighted by Gasteiger charge is -2.26. The summed E-state index contributed by atoms with van der Waals surface area (Å²) in [5, 5.41) is 12.3. The van der Waals surface area contributed by atoms with Crippen LogP contribution in [0.3, 0.4) is 0 Å². The number of aryl methyl sites for hydroxylation is 2. The molecule has 2 heterocycles. The Labute approximate surface area is 119 Å². The number of nitriles is 1. The minimum atomic E-state index is 0.228. The lowest BCUT2D eigenvalue weighted by molar-refractivity contribution is -0.133. The van der Waals surface area contributed by atoms with E-state index in [1.165, 1.54) is 0 Å². The van der Waals surface area contributed by atoms with Gasteiger partial charge < -0.3 is 10.2 Å². The van der Waals surface area contributed by atoms with Gasteiger partial charge in [0.15, 0.2) is 0 Å². The fraction of sp³-hybridized carbons (Fsp3) is 0.533. The summed E-state index contributed by atoms with van der Waals surface area (Å²) in [6.07, 6.45) is 2.74. The molecule has 1 N–H and O–H groups in total. The SMILES string of the molecule is Cc1cc(C#N)c(NCCN2CCCCC2=O)nc1C. The molecule has 0 unspecified atom stereocenters. The van der Waals surface area contributed by atoms with E-state index in [0.717, 1.165) is 30.6 Å². The third-order valence-corrected chi connectivity index (χ3v) is 3.68. The minimum absolute atomic E-state index is 0.228. The zero-order valence-electron chi connectivity index (χ0n) is 12.1. The van der Waals surface area contributed by atoms with E-state index in [9.17, 15) is 4.79 Å². The number of rotatable bonds is 4. The van der Waals surface area contributed by atoms with Crippen molar-refractivity contribution in [1.82, 2.24) is 9.88 Å². The van der Waals surface area contributed by atoms with Crippen LogP contribution in [-0.2, 0) is 4.79 Å². The van der Waals surface area contributed by atoms with Crippen molar-refractivity contribution in [3.8, 4) is 6.07 Å². The van der Waals surface area contributed by atoms with Crippen molar-refractivity contribution >= 4 is 11.7 Å². The van der Waals surface area contributed by atoms with Crippen LogP contribution in [0.2, 0.25) is 0 Å². The van der Waals surface area contributed by atoms with Gasteiger partial charge in [-0.25, -0.2) is 4.98 Å². The van der Waals surface area contributed by atoms with Gasteiger partial charge in [-0.05, 0) is 38.3 Å². The van der Waals surface area contributed by atoms with Crippen molar-refractivity contribution in [2.75, 3.05) is 25.0 Å². The number of hydrogen-bond acceptors (Lipinski definition) is 4. The van der Waals surface area contributed by atoms with E-state index >= 15 is 0 Å². The number of nitrogens with one attached hydrogen (secondary N) is 1. The second kappa shape index (κ2) is 6.38. The lowest BCUT2D eigenvalue weighted by atomic mass is 10.1. The first kappa shape index (κ1) is 14.3. The minimum Gasteiger partial charge on any atom is -0.367 e. The second-order valence-corrected chi connectivity index (χ2v) is 5.16. The molecule has 1 saturated heterocycles. The predicted molar refractivity (Wildman–Crippen MR) is 77.3 cm³/mol. The average molecular weight is 272 g/mol. The zero-order valence-corrected chi connectivity index (χ0v) is 12.1. The highest BCUT2D eigenvalue weighted by atomic mass is 16.2. The van der Waals surface area contributed by atoms with Crippen molar-refractivity contribution in [3.63, 3.8) is 0 Å². The largest absolute Gasteiger partial charge is 0.367 e. The number of amides is 1. The summed E-state index contributed by atoms with van der Waals surface area (Å²) in [5.41, 5.74) is 2.48. The van der Waals surface area contributed by atoms with Gasteiger partial charge in [-0.15, -0.1) is 0 Å². The third-order valence-electron chi connectivity index (χ3n) is 3.68. The standard InChI is InChI=1S/C15H20N4O/c1-11-9-13(10-16)15(18-12(11)2)17-6-8-19-7-4-3-5-14(19)20/h9H,3-8H2,1-2H3,(H,17,18). The number of nitrogens with zero attached hydrogens (tertiary/aromatic N) is 3. The number of aromatic nitrogens is 1. The van der Waals surface area contributed by atoms with Gasteiger partial charge in [0.25, 0.3) is 0 Å². The molecular formula is C15H20N4O. The Bertz CT molecular complexity index is 548. The normalized spacial score (nSPS) is 15.1. The summed E-state index contributed by atoms with van der Waals surface area (Å²) >= 11 is 0. The van der Waals surface area contributed by atoms with Gasteiger partial charge in [-0.2, -0.15) is 5.26 Å². The molecule has 1 aliphatic rings. The molecule has 2 rings (SSSR count). The van der Waals surface area contributed by atoms with E-state index in [1.807, 2.05) is 24.8 Å². The van der Waals surface area contributed by atoms with E-state index in [4.69, 9.17) is 5.26 Å². The number of piperidine rings is 1. The van der Waals surface area contributed by atoms with E-state index in [1.54, 1.807) is 0 Å². The van der Waals surface area contributed by atoms with Gasteiger partial charge in [-0.3, -0.25) is 4.79 Å². The Morgan fingerprint density at radius 1 is 1.45 bits per heavy atom. The molecule has 20 heavy (non-hydrogen) atoms.